The third kappa shape index (κ3) is 3.24. The third-order valence-corrected chi connectivity index (χ3v) is 6.08. The number of benzene rings is 1. The summed E-state index contributed by atoms with van der Waals surface area (Å²) in [6.45, 7) is 1.53. The first-order chi connectivity index (χ1) is 12.3. The van der Waals surface area contributed by atoms with E-state index in [4.69, 9.17) is 5.73 Å². The fourth-order valence-electron chi connectivity index (χ4n) is 3.70. The van der Waals surface area contributed by atoms with Gasteiger partial charge in [0.1, 0.15) is 15.9 Å². The van der Waals surface area contributed by atoms with E-state index in [1.54, 1.807) is 10.9 Å². The second-order valence-electron chi connectivity index (χ2n) is 6.90. The summed E-state index contributed by atoms with van der Waals surface area (Å²) in [6.07, 6.45) is 6.32. The highest BCUT2D eigenvalue weighted by molar-refractivity contribution is 7.13. The van der Waals surface area contributed by atoms with Crippen molar-refractivity contribution in [3.05, 3.63) is 47.0 Å². The van der Waals surface area contributed by atoms with Gasteiger partial charge in [0, 0.05) is 12.1 Å². The Hall–Kier alpha value is -2.05. The number of hydrogen-bond acceptors (Lipinski definition) is 5. The predicted molar refractivity (Wildman–Crippen MR) is 102 cm³/mol. The molecule has 2 heterocycles. The van der Waals surface area contributed by atoms with Crippen LogP contribution >= 0.6 is 11.5 Å². The maximum absolute atomic E-state index is 12.8. The predicted octanol–water partition coefficient (Wildman–Crippen LogP) is 3.29. The smallest absolute Gasteiger partial charge is 0.272 e. The van der Waals surface area contributed by atoms with Crippen LogP contribution in [0.3, 0.4) is 0 Å². The average molecular weight is 354 g/mol. The summed E-state index contributed by atoms with van der Waals surface area (Å²) in [5.41, 5.74) is 8.31. The summed E-state index contributed by atoms with van der Waals surface area (Å²) in [4.78, 5) is 17.4. The van der Waals surface area contributed by atoms with Crippen LogP contribution in [0, 0.1) is 11.8 Å². The third-order valence-electron chi connectivity index (χ3n) is 5.25. The highest BCUT2D eigenvalue weighted by Crippen LogP contribution is 2.30. The van der Waals surface area contributed by atoms with Crippen LogP contribution in [0.4, 0.5) is 0 Å². The van der Waals surface area contributed by atoms with Crippen molar-refractivity contribution >= 4 is 21.7 Å². The highest BCUT2D eigenvalue weighted by Gasteiger charge is 2.22. The summed E-state index contributed by atoms with van der Waals surface area (Å²) in [5, 5.41) is 0. The molecule has 1 aromatic carbocycles. The molecule has 25 heavy (non-hydrogen) atoms. The maximum Gasteiger partial charge on any atom is 0.272 e. The summed E-state index contributed by atoms with van der Waals surface area (Å²) < 4.78 is 6.90. The molecule has 2 N–H and O–H groups in total. The number of hydrogen-bond donors (Lipinski definition) is 1. The van der Waals surface area contributed by atoms with Gasteiger partial charge in [-0.05, 0) is 55.6 Å². The fraction of sp³-hybridized carbons (Fsp3) is 0.421. The SMILES string of the molecule is NCC1CCC(Cn2cnc3c(-c4ccccc4)nsc3c2=O)CC1. The Kier molecular flexibility index (Phi) is 4.63. The molecule has 3 aromatic rings. The Balaban J connectivity index is 1.60. The topological polar surface area (TPSA) is 73.8 Å². The van der Waals surface area contributed by atoms with Crippen LogP contribution in [0.5, 0.6) is 0 Å². The van der Waals surface area contributed by atoms with Gasteiger partial charge in [-0.2, -0.15) is 4.37 Å². The Bertz CT molecular complexity index is 910. The molecule has 4 rings (SSSR count). The molecule has 0 spiro atoms. The van der Waals surface area contributed by atoms with Crippen LogP contribution in [0.2, 0.25) is 0 Å². The molecule has 1 fully saturated rings. The summed E-state index contributed by atoms with van der Waals surface area (Å²) in [7, 11) is 0. The zero-order valence-electron chi connectivity index (χ0n) is 14.1. The van der Waals surface area contributed by atoms with Crippen LogP contribution in [0.15, 0.2) is 41.5 Å². The largest absolute Gasteiger partial charge is 0.330 e. The molecule has 0 aliphatic heterocycles. The van der Waals surface area contributed by atoms with E-state index in [-0.39, 0.29) is 5.56 Å². The van der Waals surface area contributed by atoms with E-state index in [9.17, 15) is 4.79 Å². The van der Waals surface area contributed by atoms with Crippen molar-refractivity contribution in [2.45, 2.75) is 32.2 Å². The first-order valence-corrected chi connectivity index (χ1v) is 9.64. The lowest BCUT2D eigenvalue weighted by atomic mass is 9.82. The lowest BCUT2D eigenvalue weighted by Crippen LogP contribution is -2.28. The molecule has 1 aliphatic rings. The van der Waals surface area contributed by atoms with Crippen LogP contribution in [-0.4, -0.2) is 20.5 Å². The van der Waals surface area contributed by atoms with Gasteiger partial charge >= 0.3 is 0 Å². The van der Waals surface area contributed by atoms with Gasteiger partial charge in [-0.15, -0.1) is 0 Å². The van der Waals surface area contributed by atoms with E-state index in [1.165, 1.54) is 24.4 Å². The van der Waals surface area contributed by atoms with E-state index in [2.05, 4.69) is 9.36 Å². The Labute approximate surface area is 150 Å². The van der Waals surface area contributed by atoms with Gasteiger partial charge in [-0.3, -0.25) is 9.36 Å². The second-order valence-corrected chi connectivity index (χ2v) is 7.67. The van der Waals surface area contributed by atoms with Crippen molar-refractivity contribution < 1.29 is 0 Å². The quantitative estimate of drug-likeness (QED) is 0.780. The van der Waals surface area contributed by atoms with E-state index in [0.29, 0.717) is 22.1 Å². The Morgan fingerprint density at radius 2 is 1.84 bits per heavy atom. The Morgan fingerprint density at radius 3 is 2.56 bits per heavy atom. The standard InChI is InChI=1S/C19H22N4OS/c20-10-13-6-8-14(9-7-13)11-23-12-21-17-16(15-4-2-1-3-5-15)22-25-18(17)19(23)24/h1-5,12-14H,6-11,20H2. The minimum absolute atomic E-state index is 0.0330. The van der Waals surface area contributed by atoms with Crippen molar-refractivity contribution in [3.8, 4) is 11.3 Å². The van der Waals surface area contributed by atoms with Gasteiger partial charge in [0.25, 0.3) is 5.56 Å². The van der Waals surface area contributed by atoms with E-state index in [0.717, 1.165) is 37.2 Å². The molecule has 6 heteroatoms. The molecule has 0 unspecified atom stereocenters. The Morgan fingerprint density at radius 1 is 1.12 bits per heavy atom. The number of nitrogens with zero attached hydrogens (tertiary/aromatic N) is 3. The lowest BCUT2D eigenvalue weighted by molar-refractivity contribution is 0.254. The minimum Gasteiger partial charge on any atom is -0.330 e. The zero-order valence-corrected chi connectivity index (χ0v) is 14.9. The summed E-state index contributed by atoms with van der Waals surface area (Å²) >= 11 is 1.25. The van der Waals surface area contributed by atoms with Crippen LogP contribution in [0.1, 0.15) is 25.7 Å². The van der Waals surface area contributed by atoms with Gasteiger partial charge in [-0.25, -0.2) is 4.98 Å². The molecule has 130 valence electrons. The monoisotopic (exact) mass is 354 g/mol. The highest BCUT2D eigenvalue weighted by atomic mass is 32.1. The molecule has 0 atom stereocenters. The first-order valence-electron chi connectivity index (χ1n) is 8.86. The van der Waals surface area contributed by atoms with Gasteiger partial charge < -0.3 is 5.73 Å². The van der Waals surface area contributed by atoms with Crippen molar-refractivity contribution in [1.29, 1.82) is 0 Å². The molecular weight excluding hydrogens is 332 g/mol. The van der Waals surface area contributed by atoms with Crippen molar-refractivity contribution in [2.75, 3.05) is 6.54 Å². The van der Waals surface area contributed by atoms with E-state index >= 15 is 0 Å². The number of aromatic nitrogens is 3. The summed E-state index contributed by atoms with van der Waals surface area (Å²) in [5.74, 6) is 1.20. The van der Waals surface area contributed by atoms with Crippen molar-refractivity contribution in [3.63, 3.8) is 0 Å². The molecule has 2 aromatic heterocycles. The summed E-state index contributed by atoms with van der Waals surface area (Å²) in [6, 6.07) is 9.91. The molecular formula is C19H22N4OS. The van der Waals surface area contributed by atoms with Gasteiger partial charge in [0.15, 0.2) is 0 Å². The fourth-order valence-corrected chi connectivity index (χ4v) is 4.50. The molecule has 0 saturated heterocycles. The minimum atomic E-state index is 0.0330. The number of rotatable bonds is 4. The molecule has 1 aliphatic carbocycles. The second kappa shape index (κ2) is 7.06. The molecule has 5 nitrogen and oxygen atoms in total. The molecule has 0 bridgehead atoms. The van der Waals surface area contributed by atoms with Crippen molar-refractivity contribution in [2.24, 2.45) is 17.6 Å². The first kappa shape index (κ1) is 16.4. The maximum atomic E-state index is 12.8. The zero-order chi connectivity index (χ0) is 17.2. The van der Waals surface area contributed by atoms with Gasteiger partial charge in [0.2, 0.25) is 0 Å². The molecule has 0 radical (unpaired) electrons. The number of fused-ring (bicyclic) bond motifs is 1. The van der Waals surface area contributed by atoms with Gasteiger partial charge in [-0.1, -0.05) is 30.3 Å². The van der Waals surface area contributed by atoms with Gasteiger partial charge in [0.05, 0.1) is 6.33 Å². The van der Waals surface area contributed by atoms with Crippen LogP contribution in [-0.2, 0) is 6.54 Å². The van der Waals surface area contributed by atoms with Crippen LogP contribution < -0.4 is 11.3 Å². The van der Waals surface area contributed by atoms with E-state index < -0.39 is 0 Å². The van der Waals surface area contributed by atoms with E-state index in [1.807, 2.05) is 30.3 Å². The van der Waals surface area contributed by atoms with Crippen LogP contribution in [0.25, 0.3) is 21.5 Å². The normalized spacial score (nSPS) is 20.8. The number of nitrogens with two attached hydrogens (primary N) is 1. The average Bonchev–Trinajstić information content (AvgIpc) is 3.10. The van der Waals surface area contributed by atoms with Crippen molar-refractivity contribution in [1.82, 2.24) is 13.9 Å². The molecule has 0 amide bonds. The lowest BCUT2D eigenvalue weighted by Gasteiger charge is -2.27. The molecule has 1 saturated carbocycles.